The average Bonchev–Trinajstić information content (AvgIpc) is 3.02. The quantitative estimate of drug-likeness (QED) is 0.0240. The summed E-state index contributed by atoms with van der Waals surface area (Å²) < 4.78 is 38.0. The molecule has 7 N–H and O–H groups in total. The first-order valence-corrected chi connectivity index (χ1v) is 16.1. The number of aliphatic carboxylic acids is 1. The van der Waals surface area contributed by atoms with Gasteiger partial charge in [-0.05, 0) is 13.5 Å². The highest BCUT2D eigenvalue weighted by atomic mass is 32.2. The summed E-state index contributed by atoms with van der Waals surface area (Å²) >= 11 is 1.09. The molecule has 0 saturated heterocycles. The number of carbonyl (C=O) groups is 3. The van der Waals surface area contributed by atoms with Crippen LogP contribution >= 0.6 is 11.8 Å². The highest BCUT2D eigenvalue weighted by Gasteiger charge is 2.20. The zero-order valence-electron chi connectivity index (χ0n) is 26.8. The van der Waals surface area contributed by atoms with Crippen LogP contribution in [0.4, 0.5) is 0 Å². The van der Waals surface area contributed by atoms with Crippen LogP contribution in [0.25, 0.3) is 0 Å². The number of carboxylic acid groups (broad SMARTS) is 1. The third-order valence-electron chi connectivity index (χ3n) is 5.56. The lowest BCUT2D eigenvalue weighted by atomic mass is 10.3. The smallest absolute Gasteiger partial charge is 0.321 e. The predicted molar refractivity (Wildman–Crippen MR) is 170 cm³/mol. The lowest BCUT2D eigenvalue weighted by Crippen LogP contribution is -2.37. The Morgan fingerprint density at radius 2 is 1.27 bits per heavy atom. The number of carboxylic acids is 1. The molecule has 0 aliphatic carbocycles. The number of hydrazine groups is 1. The van der Waals surface area contributed by atoms with Crippen molar-refractivity contribution < 1.29 is 52.6 Å². The van der Waals surface area contributed by atoms with E-state index in [0.29, 0.717) is 104 Å². The number of thioether (sulfide) groups is 1. The van der Waals surface area contributed by atoms with Crippen LogP contribution in [-0.4, -0.2) is 158 Å². The second-order valence-electron chi connectivity index (χ2n) is 9.40. The first kappa shape index (κ1) is 42.9. The Bertz CT molecular complexity index is 770. The fourth-order valence-corrected chi connectivity index (χ4v) is 4.26. The lowest BCUT2D eigenvalue weighted by Gasteiger charge is -2.16. The van der Waals surface area contributed by atoms with Gasteiger partial charge in [0.15, 0.2) is 0 Å². The molecular formula is C28H55N5O11S. The van der Waals surface area contributed by atoms with Crippen LogP contribution in [-0.2, 0) is 47.5 Å². The van der Waals surface area contributed by atoms with Crippen molar-refractivity contribution >= 4 is 29.9 Å². The number of ether oxygens (including phenoxy) is 7. The summed E-state index contributed by atoms with van der Waals surface area (Å²) in [5.41, 5.74) is 6.22. The summed E-state index contributed by atoms with van der Waals surface area (Å²) in [5, 5.41) is 15.0. The van der Waals surface area contributed by atoms with Crippen molar-refractivity contribution in [2.24, 2.45) is 11.6 Å². The second kappa shape index (κ2) is 31.9. The van der Waals surface area contributed by atoms with Crippen LogP contribution in [0.15, 0.2) is 11.9 Å². The molecule has 0 radical (unpaired) electrons. The summed E-state index contributed by atoms with van der Waals surface area (Å²) in [5.74, 6) is 4.62. The average molecular weight is 670 g/mol. The molecule has 0 aliphatic heterocycles. The van der Waals surface area contributed by atoms with E-state index in [1.807, 2.05) is 0 Å². The molecule has 0 rings (SSSR count). The zero-order chi connectivity index (χ0) is 33.4. The molecular weight excluding hydrogens is 614 g/mol. The number of aldehydes is 1. The molecule has 264 valence electrons. The Balaban J connectivity index is 3.61. The number of nitrogens with zero attached hydrogens (tertiary/aromatic N) is 1. The number of rotatable bonds is 34. The van der Waals surface area contributed by atoms with Crippen molar-refractivity contribution in [1.29, 1.82) is 0 Å². The minimum Gasteiger partial charge on any atom is -0.480 e. The lowest BCUT2D eigenvalue weighted by molar-refractivity contribution is -0.138. The largest absolute Gasteiger partial charge is 0.480 e. The van der Waals surface area contributed by atoms with Gasteiger partial charge in [-0.15, -0.1) is 11.8 Å². The minimum atomic E-state index is -1.03. The van der Waals surface area contributed by atoms with Crippen LogP contribution < -0.4 is 22.2 Å². The van der Waals surface area contributed by atoms with Gasteiger partial charge < -0.3 is 64.4 Å². The standard InChI is InChI=1S/C28H55N5O11S/c1-3-5-38-7-9-40-11-13-42-15-17-44-18-16-43-14-12-41-10-8-39-6-4-33(30)21-24(29)20-32-27(35)19-25(22-34)45-23-26(31-2)28(36)37/h21-22,25-26,31H,3-20,23,29-30H2,1-2H3,(H,32,35)(H,36,37)/b24-21-. The second-order valence-corrected chi connectivity index (χ2v) is 10.7. The number of carbonyl (C=O) groups excluding carboxylic acids is 2. The topological polar surface area (TPSA) is 215 Å². The van der Waals surface area contributed by atoms with Crippen molar-refractivity contribution in [3.8, 4) is 0 Å². The van der Waals surface area contributed by atoms with E-state index in [4.69, 9.17) is 49.8 Å². The third-order valence-corrected chi connectivity index (χ3v) is 6.79. The molecule has 17 heteroatoms. The molecule has 0 saturated carbocycles. The maximum atomic E-state index is 12.1. The Hall–Kier alpha value is -2.06. The van der Waals surface area contributed by atoms with Crippen LogP contribution in [0.2, 0.25) is 0 Å². The Labute approximate surface area is 271 Å². The van der Waals surface area contributed by atoms with E-state index in [1.165, 1.54) is 18.3 Å². The maximum absolute atomic E-state index is 12.1. The van der Waals surface area contributed by atoms with E-state index in [9.17, 15) is 14.4 Å². The molecule has 45 heavy (non-hydrogen) atoms. The van der Waals surface area contributed by atoms with Crippen molar-refractivity contribution in [2.75, 3.05) is 118 Å². The molecule has 1 amide bonds. The number of likely N-dealkylation sites (N-methyl/N-ethyl adjacent to an activating group) is 1. The van der Waals surface area contributed by atoms with Crippen LogP contribution in [0.1, 0.15) is 19.8 Å². The van der Waals surface area contributed by atoms with Gasteiger partial charge in [0.25, 0.3) is 0 Å². The monoisotopic (exact) mass is 669 g/mol. The molecule has 0 aliphatic rings. The number of hydrogen-bond donors (Lipinski definition) is 5. The molecule has 2 unspecified atom stereocenters. The minimum absolute atomic E-state index is 0.0420. The molecule has 16 nitrogen and oxygen atoms in total. The molecule has 2 atom stereocenters. The molecule has 0 bridgehead atoms. The highest BCUT2D eigenvalue weighted by molar-refractivity contribution is 8.00. The van der Waals surface area contributed by atoms with Crippen LogP contribution in [0, 0.1) is 0 Å². The summed E-state index contributed by atoms with van der Waals surface area (Å²) in [6.45, 7) is 9.47. The van der Waals surface area contributed by atoms with Gasteiger partial charge in [0.2, 0.25) is 5.91 Å². The summed E-state index contributed by atoms with van der Waals surface area (Å²) in [6, 6.07) is -0.808. The Morgan fingerprint density at radius 3 is 1.67 bits per heavy atom. The number of nitrogens with one attached hydrogen (secondary N) is 2. The van der Waals surface area contributed by atoms with Gasteiger partial charge in [-0.2, -0.15) is 0 Å². The van der Waals surface area contributed by atoms with Gasteiger partial charge in [0.1, 0.15) is 12.3 Å². The number of hydrogen-bond acceptors (Lipinski definition) is 15. The zero-order valence-corrected chi connectivity index (χ0v) is 27.6. The van der Waals surface area contributed by atoms with E-state index < -0.39 is 17.3 Å². The molecule has 0 spiro atoms. The van der Waals surface area contributed by atoms with Gasteiger partial charge >= 0.3 is 5.97 Å². The van der Waals surface area contributed by atoms with E-state index in [0.717, 1.165) is 24.8 Å². The van der Waals surface area contributed by atoms with Gasteiger partial charge in [-0.3, -0.25) is 9.59 Å². The van der Waals surface area contributed by atoms with E-state index >= 15 is 0 Å². The fraction of sp³-hybridized carbons (Fsp3) is 0.821. The number of amides is 1. The fourth-order valence-electron chi connectivity index (χ4n) is 3.16. The SMILES string of the molecule is CCCOCCOCCOCCOCCOCCOCCOCCN(N)/C=C(\N)CNC(=O)CC(C=O)SCC(NC)C(=O)O. The molecule has 0 heterocycles. The first-order chi connectivity index (χ1) is 21.8. The summed E-state index contributed by atoms with van der Waals surface area (Å²) in [7, 11) is 1.52. The molecule has 0 aromatic carbocycles. The van der Waals surface area contributed by atoms with Gasteiger partial charge in [-0.25, -0.2) is 5.84 Å². The van der Waals surface area contributed by atoms with Crippen molar-refractivity contribution in [2.45, 2.75) is 31.1 Å². The van der Waals surface area contributed by atoms with E-state index in [1.54, 1.807) is 0 Å². The first-order valence-electron chi connectivity index (χ1n) is 15.1. The van der Waals surface area contributed by atoms with Gasteiger partial charge in [0, 0.05) is 30.7 Å². The van der Waals surface area contributed by atoms with Gasteiger partial charge in [-0.1, -0.05) is 6.92 Å². The highest BCUT2D eigenvalue weighted by Crippen LogP contribution is 2.14. The van der Waals surface area contributed by atoms with Crippen LogP contribution in [0.5, 0.6) is 0 Å². The Morgan fingerprint density at radius 1 is 0.822 bits per heavy atom. The predicted octanol–water partition coefficient (Wildman–Crippen LogP) is -1.03. The normalized spacial score (nSPS) is 13.0. The maximum Gasteiger partial charge on any atom is 0.321 e. The summed E-state index contributed by atoms with van der Waals surface area (Å²) in [4.78, 5) is 34.4. The van der Waals surface area contributed by atoms with E-state index in [-0.39, 0.29) is 24.6 Å². The number of nitrogens with two attached hydrogens (primary N) is 2. The molecule has 0 fully saturated rings. The molecule has 0 aromatic heterocycles. The van der Waals surface area contributed by atoms with Crippen molar-refractivity contribution in [3.05, 3.63) is 11.9 Å². The third kappa shape index (κ3) is 29.1. The molecule has 0 aromatic rings. The van der Waals surface area contributed by atoms with Crippen molar-refractivity contribution in [3.63, 3.8) is 0 Å². The van der Waals surface area contributed by atoms with Crippen LogP contribution in [0.3, 0.4) is 0 Å². The summed E-state index contributed by atoms with van der Waals surface area (Å²) in [6.07, 6.45) is 3.02. The van der Waals surface area contributed by atoms with E-state index in [2.05, 4.69) is 17.6 Å². The van der Waals surface area contributed by atoms with Crippen molar-refractivity contribution in [1.82, 2.24) is 15.6 Å². The van der Waals surface area contributed by atoms with Gasteiger partial charge in [0.05, 0.1) is 104 Å². The Kier molecular flexibility index (Phi) is 30.4.